The van der Waals surface area contributed by atoms with Gasteiger partial charge in [-0.15, -0.1) is 0 Å². The van der Waals surface area contributed by atoms with Gasteiger partial charge >= 0.3 is 0 Å². The summed E-state index contributed by atoms with van der Waals surface area (Å²) in [5.74, 6) is 0. The van der Waals surface area contributed by atoms with Crippen molar-refractivity contribution in [3.05, 3.63) is 29.3 Å². The first-order valence-corrected chi connectivity index (χ1v) is 5.25. The molecule has 1 rings (SSSR count). The maximum absolute atomic E-state index is 5.43. The monoisotopic (exact) mass is 192 g/mol. The van der Waals surface area contributed by atoms with E-state index in [0.717, 1.165) is 25.9 Å². The van der Waals surface area contributed by atoms with Crippen LogP contribution in [0.4, 0.5) is 5.69 Å². The van der Waals surface area contributed by atoms with Crippen LogP contribution in [-0.2, 0) is 0 Å². The molecule has 0 amide bonds. The second kappa shape index (κ2) is 5.66. The molecule has 0 aromatic heterocycles. The summed E-state index contributed by atoms with van der Waals surface area (Å²) in [6.45, 7) is 6.05. The van der Waals surface area contributed by atoms with Gasteiger partial charge < -0.3 is 11.1 Å². The summed E-state index contributed by atoms with van der Waals surface area (Å²) < 4.78 is 0. The van der Waals surface area contributed by atoms with Gasteiger partial charge in [0.05, 0.1) is 0 Å². The molecule has 0 spiro atoms. The SMILES string of the molecule is Cc1ccc(NCCCCN)c(C)c1. The van der Waals surface area contributed by atoms with Crippen molar-refractivity contribution in [3.63, 3.8) is 0 Å². The third-order valence-corrected chi connectivity index (χ3v) is 2.33. The van der Waals surface area contributed by atoms with Crippen LogP contribution in [0.5, 0.6) is 0 Å². The lowest BCUT2D eigenvalue weighted by molar-refractivity contribution is 0.774. The number of hydrogen-bond acceptors (Lipinski definition) is 2. The van der Waals surface area contributed by atoms with Crippen molar-refractivity contribution < 1.29 is 0 Å². The maximum Gasteiger partial charge on any atom is 0.0370 e. The molecule has 3 N–H and O–H groups in total. The average molecular weight is 192 g/mol. The molecule has 2 heteroatoms. The standard InChI is InChI=1S/C12H20N2/c1-10-5-6-12(11(2)9-10)14-8-4-3-7-13/h5-6,9,14H,3-4,7-8,13H2,1-2H3. The van der Waals surface area contributed by atoms with Crippen molar-refractivity contribution in [2.24, 2.45) is 5.73 Å². The van der Waals surface area contributed by atoms with Crippen LogP contribution in [0.15, 0.2) is 18.2 Å². The summed E-state index contributed by atoms with van der Waals surface area (Å²) in [6.07, 6.45) is 2.24. The fourth-order valence-electron chi connectivity index (χ4n) is 1.50. The van der Waals surface area contributed by atoms with Crippen molar-refractivity contribution in [1.82, 2.24) is 0 Å². The van der Waals surface area contributed by atoms with Crippen LogP contribution in [0.2, 0.25) is 0 Å². The van der Waals surface area contributed by atoms with Crippen LogP contribution in [0.1, 0.15) is 24.0 Å². The van der Waals surface area contributed by atoms with Crippen molar-refractivity contribution in [3.8, 4) is 0 Å². The summed E-state index contributed by atoms with van der Waals surface area (Å²) >= 11 is 0. The molecule has 0 bridgehead atoms. The van der Waals surface area contributed by atoms with E-state index in [4.69, 9.17) is 5.73 Å². The Balaban J connectivity index is 2.42. The Labute approximate surface area is 86.5 Å². The van der Waals surface area contributed by atoms with E-state index >= 15 is 0 Å². The van der Waals surface area contributed by atoms with Crippen molar-refractivity contribution in [2.75, 3.05) is 18.4 Å². The molecule has 14 heavy (non-hydrogen) atoms. The highest BCUT2D eigenvalue weighted by atomic mass is 14.9. The van der Waals surface area contributed by atoms with Gasteiger partial charge in [-0.2, -0.15) is 0 Å². The van der Waals surface area contributed by atoms with Gasteiger partial charge in [-0.1, -0.05) is 17.7 Å². The second-order valence-corrected chi connectivity index (χ2v) is 3.74. The molecule has 1 aromatic rings. The molecule has 0 aliphatic heterocycles. The van der Waals surface area contributed by atoms with Gasteiger partial charge in [-0.05, 0) is 44.9 Å². The molecule has 0 aliphatic carbocycles. The van der Waals surface area contributed by atoms with E-state index in [9.17, 15) is 0 Å². The van der Waals surface area contributed by atoms with Crippen molar-refractivity contribution in [1.29, 1.82) is 0 Å². The minimum Gasteiger partial charge on any atom is -0.385 e. The fourth-order valence-corrected chi connectivity index (χ4v) is 1.50. The third-order valence-electron chi connectivity index (χ3n) is 2.33. The quantitative estimate of drug-likeness (QED) is 0.703. The molecule has 1 aromatic carbocycles. The van der Waals surface area contributed by atoms with E-state index in [1.807, 2.05) is 0 Å². The molecule has 0 aliphatic rings. The van der Waals surface area contributed by atoms with Gasteiger partial charge in [0.1, 0.15) is 0 Å². The molecule has 0 saturated carbocycles. The van der Waals surface area contributed by atoms with Crippen molar-refractivity contribution in [2.45, 2.75) is 26.7 Å². The Bertz CT molecular complexity index is 282. The van der Waals surface area contributed by atoms with Crippen LogP contribution in [0, 0.1) is 13.8 Å². The zero-order valence-corrected chi connectivity index (χ0v) is 9.14. The maximum atomic E-state index is 5.43. The van der Waals surface area contributed by atoms with Crippen LogP contribution in [-0.4, -0.2) is 13.1 Å². The molecule has 0 unspecified atom stereocenters. The minimum absolute atomic E-state index is 0.786. The lowest BCUT2D eigenvalue weighted by atomic mass is 10.1. The highest BCUT2D eigenvalue weighted by Gasteiger charge is 1.96. The molecule has 0 radical (unpaired) electrons. The number of aryl methyl sites for hydroxylation is 2. The lowest BCUT2D eigenvalue weighted by Crippen LogP contribution is -2.06. The molecular weight excluding hydrogens is 172 g/mol. The van der Waals surface area contributed by atoms with E-state index in [1.54, 1.807) is 0 Å². The molecule has 2 nitrogen and oxygen atoms in total. The van der Waals surface area contributed by atoms with Crippen molar-refractivity contribution >= 4 is 5.69 Å². The summed E-state index contributed by atoms with van der Waals surface area (Å²) in [6, 6.07) is 6.48. The van der Waals surface area contributed by atoms with Gasteiger partial charge in [0, 0.05) is 12.2 Å². The lowest BCUT2D eigenvalue weighted by Gasteiger charge is -2.09. The minimum atomic E-state index is 0.786. The first kappa shape index (κ1) is 11.1. The van der Waals surface area contributed by atoms with Crippen LogP contribution in [0.3, 0.4) is 0 Å². The Morgan fingerprint density at radius 1 is 1.21 bits per heavy atom. The van der Waals surface area contributed by atoms with Gasteiger partial charge in [0.2, 0.25) is 0 Å². The first-order chi connectivity index (χ1) is 6.74. The topological polar surface area (TPSA) is 38.0 Å². The van der Waals surface area contributed by atoms with E-state index in [0.29, 0.717) is 0 Å². The molecule has 0 atom stereocenters. The second-order valence-electron chi connectivity index (χ2n) is 3.74. The van der Waals surface area contributed by atoms with E-state index in [2.05, 4.69) is 37.4 Å². The van der Waals surface area contributed by atoms with Crippen LogP contribution in [0.25, 0.3) is 0 Å². The number of unbranched alkanes of at least 4 members (excludes halogenated alkanes) is 1. The molecule has 0 saturated heterocycles. The van der Waals surface area contributed by atoms with E-state index in [-0.39, 0.29) is 0 Å². The predicted molar refractivity (Wildman–Crippen MR) is 62.7 cm³/mol. The van der Waals surface area contributed by atoms with E-state index in [1.165, 1.54) is 16.8 Å². The largest absolute Gasteiger partial charge is 0.385 e. The highest BCUT2D eigenvalue weighted by molar-refractivity contribution is 5.51. The smallest absolute Gasteiger partial charge is 0.0370 e. The number of anilines is 1. The van der Waals surface area contributed by atoms with Gasteiger partial charge in [0.15, 0.2) is 0 Å². The Morgan fingerprint density at radius 3 is 2.64 bits per heavy atom. The molecule has 0 fully saturated rings. The van der Waals surface area contributed by atoms with Crippen LogP contribution >= 0.6 is 0 Å². The third kappa shape index (κ3) is 3.38. The number of nitrogens with two attached hydrogens (primary N) is 1. The Morgan fingerprint density at radius 2 is 2.00 bits per heavy atom. The highest BCUT2D eigenvalue weighted by Crippen LogP contribution is 2.15. The number of benzene rings is 1. The summed E-state index contributed by atoms with van der Waals surface area (Å²) in [5.41, 5.74) is 9.31. The summed E-state index contributed by atoms with van der Waals surface area (Å²) in [4.78, 5) is 0. The molecular formula is C12H20N2. The molecule has 78 valence electrons. The Kier molecular flexibility index (Phi) is 4.47. The van der Waals surface area contributed by atoms with Crippen LogP contribution < -0.4 is 11.1 Å². The summed E-state index contributed by atoms with van der Waals surface area (Å²) in [7, 11) is 0. The number of hydrogen-bond donors (Lipinski definition) is 2. The molecule has 0 heterocycles. The van der Waals surface area contributed by atoms with E-state index < -0.39 is 0 Å². The first-order valence-electron chi connectivity index (χ1n) is 5.25. The van der Waals surface area contributed by atoms with Gasteiger partial charge in [-0.25, -0.2) is 0 Å². The summed E-state index contributed by atoms with van der Waals surface area (Å²) in [5, 5.41) is 3.42. The Hall–Kier alpha value is -1.02. The average Bonchev–Trinajstić information content (AvgIpc) is 2.15. The number of nitrogens with one attached hydrogen (secondary N) is 1. The zero-order valence-electron chi connectivity index (χ0n) is 9.14. The number of rotatable bonds is 5. The predicted octanol–water partition coefficient (Wildman–Crippen LogP) is 2.45. The normalized spacial score (nSPS) is 10.2. The van der Waals surface area contributed by atoms with Gasteiger partial charge in [-0.3, -0.25) is 0 Å². The zero-order chi connectivity index (χ0) is 10.4. The van der Waals surface area contributed by atoms with Gasteiger partial charge in [0.25, 0.3) is 0 Å². The fraction of sp³-hybridized carbons (Fsp3) is 0.500.